The van der Waals surface area contributed by atoms with E-state index >= 15 is 0 Å². The van der Waals surface area contributed by atoms with Crippen LogP contribution in [0.4, 0.5) is 0 Å². The molecule has 0 aliphatic heterocycles. The Labute approximate surface area is 178 Å². The number of carbonyl (C=O) groups excluding carboxylic acids is 1. The maximum atomic E-state index is 13.0. The summed E-state index contributed by atoms with van der Waals surface area (Å²) in [5.41, 5.74) is 3.22. The van der Waals surface area contributed by atoms with Crippen molar-refractivity contribution >= 4 is 21.8 Å². The summed E-state index contributed by atoms with van der Waals surface area (Å²) in [7, 11) is 0. The van der Waals surface area contributed by atoms with E-state index in [2.05, 4.69) is 31.6 Å². The number of carbonyl (C=O) groups is 1. The van der Waals surface area contributed by atoms with Gasteiger partial charge in [0.1, 0.15) is 5.75 Å². The van der Waals surface area contributed by atoms with Crippen LogP contribution in [0.25, 0.3) is 5.69 Å². The number of hydrogen-bond donors (Lipinski definition) is 1. The van der Waals surface area contributed by atoms with E-state index in [1.165, 1.54) is 0 Å². The average Bonchev–Trinajstić information content (AvgIpc) is 3.47. The third-order valence-electron chi connectivity index (χ3n) is 4.99. The molecule has 0 spiro atoms. The minimum absolute atomic E-state index is 0.150. The second kappa shape index (κ2) is 8.37. The molecular weight excluding hydrogens is 432 g/mol. The Bertz CT molecular complexity index is 995. The first-order valence-corrected chi connectivity index (χ1v) is 10.6. The lowest BCUT2D eigenvalue weighted by atomic mass is 10.1. The molecule has 1 aliphatic rings. The van der Waals surface area contributed by atoms with Gasteiger partial charge in [-0.3, -0.25) is 4.79 Å². The average molecular weight is 455 g/mol. The number of amides is 1. The standard InChI is InChI=1S/C22H23BrN4O2/c1-3-29-19-12-6-15(7-13-19)14(2)24-22(28)20-21(16-4-5-16)27(26-25-20)18-10-8-17(23)9-11-18/h6-14,16H,3-5H2,1-2H3,(H,24,28). The van der Waals surface area contributed by atoms with Crippen LogP contribution in [0.1, 0.15) is 60.4 Å². The van der Waals surface area contributed by atoms with Crippen LogP contribution in [-0.2, 0) is 0 Å². The highest BCUT2D eigenvalue weighted by Gasteiger charge is 2.34. The summed E-state index contributed by atoms with van der Waals surface area (Å²) < 4.78 is 8.27. The molecule has 0 saturated heterocycles. The smallest absolute Gasteiger partial charge is 0.274 e. The summed E-state index contributed by atoms with van der Waals surface area (Å²) >= 11 is 3.45. The number of aromatic nitrogens is 3. The zero-order chi connectivity index (χ0) is 20.4. The van der Waals surface area contributed by atoms with Gasteiger partial charge in [0, 0.05) is 10.4 Å². The van der Waals surface area contributed by atoms with Gasteiger partial charge in [0.05, 0.1) is 24.0 Å². The predicted octanol–water partition coefficient (Wildman–Crippen LogP) is 4.80. The van der Waals surface area contributed by atoms with Crippen LogP contribution in [0, 0.1) is 0 Å². The van der Waals surface area contributed by atoms with Crippen molar-refractivity contribution in [1.29, 1.82) is 0 Å². The van der Waals surface area contributed by atoms with Crippen molar-refractivity contribution < 1.29 is 9.53 Å². The predicted molar refractivity (Wildman–Crippen MR) is 115 cm³/mol. The number of nitrogens with one attached hydrogen (secondary N) is 1. The normalized spacial score (nSPS) is 14.4. The molecule has 1 aliphatic carbocycles. The molecule has 29 heavy (non-hydrogen) atoms. The van der Waals surface area contributed by atoms with Gasteiger partial charge in [0.2, 0.25) is 0 Å². The highest BCUT2D eigenvalue weighted by Crippen LogP contribution is 2.42. The van der Waals surface area contributed by atoms with Gasteiger partial charge < -0.3 is 10.1 Å². The van der Waals surface area contributed by atoms with E-state index in [1.807, 2.05) is 62.4 Å². The molecule has 1 heterocycles. The van der Waals surface area contributed by atoms with Gasteiger partial charge in [-0.25, -0.2) is 4.68 Å². The van der Waals surface area contributed by atoms with Crippen molar-refractivity contribution in [2.45, 2.75) is 38.6 Å². The Kier molecular flexibility index (Phi) is 5.67. The number of ether oxygens (including phenoxy) is 1. The highest BCUT2D eigenvalue weighted by atomic mass is 79.9. The monoisotopic (exact) mass is 454 g/mol. The number of rotatable bonds is 7. The fraction of sp³-hybridized carbons (Fsp3) is 0.318. The SMILES string of the molecule is CCOc1ccc(C(C)NC(=O)c2nnn(-c3ccc(Br)cc3)c2C2CC2)cc1. The van der Waals surface area contributed by atoms with Crippen LogP contribution in [-0.4, -0.2) is 27.5 Å². The molecule has 1 aromatic heterocycles. The highest BCUT2D eigenvalue weighted by molar-refractivity contribution is 9.10. The van der Waals surface area contributed by atoms with Crippen LogP contribution in [0.15, 0.2) is 53.0 Å². The molecule has 1 N–H and O–H groups in total. The van der Waals surface area contributed by atoms with E-state index in [0.29, 0.717) is 18.2 Å². The summed E-state index contributed by atoms with van der Waals surface area (Å²) in [6, 6.07) is 15.5. The fourth-order valence-electron chi connectivity index (χ4n) is 3.31. The van der Waals surface area contributed by atoms with Gasteiger partial charge in [-0.15, -0.1) is 5.10 Å². The summed E-state index contributed by atoms with van der Waals surface area (Å²) in [4.78, 5) is 13.0. The lowest BCUT2D eigenvalue weighted by Crippen LogP contribution is -2.28. The zero-order valence-corrected chi connectivity index (χ0v) is 18.0. The summed E-state index contributed by atoms with van der Waals surface area (Å²) in [5.74, 6) is 0.954. The first-order valence-electron chi connectivity index (χ1n) is 9.82. The van der Waals surface area contributed by atoms with Gasteiger partial charge in [0.25, 0.3) is 5.91 Å². The van der Waals surface area contributed by atoms with Crippen LogP contribution in [0.3, 0.4) is 0 Å². The molecule has 1 amide bonds. The van der Waals surface area contributed by atoms with Gasteiger partial charge in [-0.1, -0.05) is 33.3 Å². The summed E-state index contributed by atoms with van der Waals surface area (Å²) in [6.45, 7) is 4.54. The van der Waals surface area contributed by atoms with Gasteiger partial charge in [-0.05, 0) is 68.7 Å². The Balaban J connectivity index is 1.55. The second-order valence-electron chi connectivity index (χ2n) is 7.18. The van der Waals surface area contributed by atoms with E-state index in [-0.39, 0.29) is 11.9 Å². The molecule has 1 fully saturated rings. The molecule has 0 radical (unpaired) electrons. The van der Waals surface area contributed by atoms with E-state index in [1.54, 1.807) is 4.68 Å². The van der Waals surface area contributed by atoms with E-state index < -0.39 is 0 Å². The van der Waals surface area contributed by atoms with E-state index in [4.69, 9.17) is 4.74 Å². The molecule has 0 bridgehead atoms. The van der Waals surface area contributed by atoms with Crippen molar-refractivity contribution in [1.82, 2.24) is 20.3 Å². The van der Waals surface area contributed by atoms with Crippen molar-refractivity contribution in [2.24, 2.45) is 0 Å². The van der Waals surface area contributed by atoms with Crippen molar-refractivity contribution in [3.63, 3.8) is 0 Å². The lowest BCUT2D eigenvalue weighted by Gasteiger charge is -2.15. The van der Waals surface area contributed by atoms with Crippen LogP contribution < -0.4 is 10.1 Å². The van der Waals surface area contributed by atoms with E-state index in [0.717, 1.165) is 40.0 Å². The lowest BCUT2D eigenvalue weighted by molar-refractivity contribution is 0.0933. The largest absolute Gasteiger partial charge is 0.494 e. The maximum absolute atomic E-state index is 13.0. The minimum atomic E-state index is -0.198. The molecule has 7 heteroatoms. The van der Waals surface area contributed by atoms with Crippen molar-refractivity contribution in [3.05, 3.63) is 70.0 Å². The first-order chi connectivity index (χ1) is 14.1. The zero-order valence-electron chi connectivity index (χ0n) is 16.4. The molecule has 150 valence electrons. The van der Waals surface area contributed by atoms with Crippen LogP contribution in [0.2, 0.25) is 0 Å². The molecule has 3 aromatic rings. The van der Waals surface area contributed by atoms with E-state index in [9.17, 15) is 4.79 Å². The van der Waals surface area contributed by atoms with Crippen molar-refractivity contribution in [3.8, 4) is 11.4 Å². The second-order valence-corrected chi connectivity index (χ2v) is 8.10. The molecule has 1 unspecified atom stereocenters. The van der Waals surface area contributed by atoms with Crippen LogP contribution >= 0.6 is 15.9 Å². The third-order valence-corrected chi connectivity index (χ3v) is 5.52. The Morgan fingerprint density at radius 3 is 2.52 bits per heavy atom. The Morgan fingerprint density at radius 2 is 1.90 bits per heavy atom. The van der Waals surface area contributed by atoms with Gasteiger partial charge in [-0.2, -0.15) is 0 Å². The van der Waals surface area contributed by atoms with Gasteiger partial charge >= 0.3 is 0 Å². The minimum Gasteiger partial charge on any atom is -0.494 e. The Hall–Kier alpha value is -2.67. The number of benzene rings is 2. The third kappa shape index (κ3) is 4.34. The quantitative estimate of drug-likeness (QED) is 0.556. The fourth-order valence-corrected chi connectivity index (χ4v) is 3.58. The summed E-state index contributed by atoms with van der Waals surface area (Å²) in [5, 5.41) is 11.6. The molecule has 2 aromatic carbocycles. The Morgan fingerprint density at radius 1 is 1.21 bits per heavy atom. The van der Waals surface area contributed by atoms with Crippen molar-refractivity contribution in [2.75, 3.05) is 6.61 Å². The molecule has 6 nitrogen and oxygen atoms in total. The summed E-state index contributed by atoms with van der Waals surface area (Å²) in [6.07, 6.45) is 2.11. The number of nitrogens with zero attached hydrogens (tertiary/aromatic N) is 3. The molecule has 4 rings (SSSR count). The molecule has 1 saturated carbocycles. The number of halogens is 1. The molecular formula is C22H23BrN4O2. The van der Waals surface area contributed by atoms with Gasteiger partial charge in [0.15, 0.2) is 5.69 Å². The maximum Gasteiger partial charge on any atom is 0.274 e. The molecule has 1 atom stereocenters. The topological polar surface area (TPSA) is 69.0 Å². The first kappa shape index (κ1) is 19.6. The van der Waals surface area contributed by atoms with Crippen LogP contribution in [0.5, 0.6) is 5.75 Å². The number of hydrogen-bond acceptors (Lipinski definition) is 4.